The monoisotopic (exact) mass is 345 g/mol. The Balaban J connectivity index is 1.98. The Morgan fingerprint density at radius 1 is 0.875 bits per heavy atom. The second-order valence-electron chi connectivity index (χ2n) is 5.96. The molecule has 24 heavy (non-hydrogen) atoms. The summed E-state index contributed by atoms with van der Waals surface area (Å²) in [6.07, 6.45) is 1.06. The van der Waals surface area contributed by atoms with Crippen LogP contribution >= 0.6 is 11.6 Å². The first-order valence-electron chi connectivity index (χ1n) is 8.88. The van der Waals surface area contributed by atoms with Crippen molar-refractivity contribution in [2.75, 3.05) is 26.2 Å². The lowest BCUT2D eigenvalue weighted by molar-refractivity contribution is 0.223. The van der Waals surface area contributed by atoms with Crippen molar-refractivity contribution < 1.29 is 4.74 Å². The fourth-order valence-electron chi connectivity index (χ4n) is 2.99. The van der Waals surface area contributed by atoms with Gasteiger partial charge in [-0.3, -0.25) is 0 Å². The van der Waals surface area contributed by atoms with Crippen molar-refractivity contribution in [3.05, 3.63) is 64.7 Å². The van der Waals surface area contributed by atoms with E-state index in [1.807, 2.05) is 12.1 Å². The second kappa shape index (κ2) is 9.71. The van der Waals surface area contributed by atoms with Gasteiger partial charge in [0.25, 0.3) is 0 Å². The molecular formula is C21H28ClNO. The van der Waals surface area contributed by atoms with Crippen LogP contribution in [0.2, 0.25) is 5.02 Å². The van der Waals surface area contributed by atoms with Crippen LogP contribution in [0.5, 0.6) is 5.75 Å². The Labute approximate surface area is 151 Å². The van der Waals surface area contributed by atoms with Gasteiger partial charge in [0.15, 0.2) is 0 Å². The zero-order valence-electron chi connectivity index (χ0n) is 15.0. The maximum atomic E-state index is 6.00. The van der Waals surface area contributed by atoms with Gasteiger partial charge in [-0.25, -0.2) is 0 Å². The molecule has 0 aliphatic rings. The lowest BCUT2D eigenvalue weighted by Crippen LogP contribution is -2.27. The van der Waals surface area contributed by atoms with Crippen molar-refractivity contribution in [2.45, 2.75) is 33.1 Å². The zero-order chi connectivity index (χ0) is 17.4. The van der Waals surface area contributed by atoms with Crippen molar-refractivity contribution >= 4 is 11.6 Å². The number of rotatable bonds is 9. The Hall–Kier alpha value is -1.51. The molecule has 3 heteroatoms. The molecule has 0 aliphatic heterocycles. The molecule has 0 bridgehead atoms. The summed E-state index contributed by atoms with van der Waals surface area (Å²) in [6, 6.07) is 16.7. The van der Waals surface area contributed by atoms with Crippen LogP contribution in [0.3, 0.4) is 0 Å². The molecule has 2 rings (SSSR count). The average molecular weight is 346 g/mol. The number of ether oxygens (including phenoxy) is 1. The third-order valence-electron chi connectivity index (χ3n) is 4.53. The Morgan fingerprint density at radius 2 is 1.42 bits per heavy atom. The summed E-state index contributed by atoms with van der Waals surface area (Å²) in [5.74, 6) is 1.34. The number of likely N-dealkylation sites (N-methyl/N-ethyl adjacent to an activating group) is 1. The highest BCUT2D eigenvalue weighted by atomic mass is 35.5. The summed E-state index contributed by atoms with van der Waals surface area (Å²) in [6.45, 7) is 10.4. The Morgan fingerprint density at radius 3 is 1.92 bits per heavy atom. The van der Waals surface area contributed by atoms with E-state index in [1.54, 1.807) is 0 Å². The van der Waals surface area contributed by atoms with Crippen LogP contribution < -0.4 is 4.74 Å². The molecule has 0 heterocycles. The van der Waals surface area contributed by atoms with Gasteiger partial charge in [-0.1, -0.05) is 56.6 Å². The van der Waals surface area contributed by atoms with Gasteiger partial charge in [-0.2, -0.15) is 0 Å². The summed E-state index contributed by atoms with van der Waals surface area (Å²) in [4.78, 5) is 2.36. The van der Waals surface area contributed by atoms with Crippen LogP contribution in [-0.2, 0) is 0 Å². The fraction of sp³-hybridized carbons (Fsp3) is 0.429. The molecule has 1 atom stereocenters. The Kier molecular flexibility index (Phi) is 7.61. The summed E-state index contributed by atoms with van der Waals surface area (Å²) >= 11 is 6.00. The number of nitrogens with zero attached hydrogens (tertiary/aromatic N) is 1. The highest BCUT2D eigenvalue weighted by Gasteiger charge is 2.12. The highest BCUT2D eigenvalue weighted by Crippen LogP contribution is 2.29. The zero-order valence-corrected chi connectivity index (χ0v) is 15.7. The molecule has 0 saturated heterocycles. The third kappa shape index (κ3) is 5.25. The van der Waals surface area contributed by atoms with Gasteiger partial charge in [0, 0.05) is 17.5 Å². The van der Waals surface area contributed by atoms with E-state index in [-0.39, 0.29) is 0 Å². The maximum absolute atomic E-state index is 6.00. The largest absolute Gasteiger partial charge is 0.492 e. The van der Waals surface area contributed by atoms with Gasteiger partial charge in [0.1, 0.15) is 12.4 Å². The van der Waals surface area contributed by atoms with E-state index < -0.39 is 0 Å². The summed E-state index contributed by atoms with van der Waals surface area (Å²) in [7, 11) is 0. The first-order chi connectivity index (χ1) is 11.7. The SMILES string of the molecule is CCC(c1ccc(Cl)cc1)c1ccc(OCCN(CC)CC)cc1. The second-order valence-corrected chi connectivity index (χ2v) is 6.39. The maximum Gasteiger partial charge on any atom is 0.119 e. The van der Waals surface area contributed by atoms with Crippen LogP contribution in [0.4, 0.5) is 0 Å². The van der Waals surface area contributed by atoms with E-state index >= 15 is 0 Å². The van der Waals surface area contributed by atoms with Crippen molar-refractivity contribution in [1.29, 1.82) is 0 Å². The van der Waals surface area contributed by atoms with Gasteiger partial charge in [-0.15, -0.1) is 0 Å². The topological polar surface area (TPSA) is 12.5 Å². The van der Waals surface area contributed by atoms with Crippen molar-refractivity contribution in [3.63, 3.8) is 0 Å². The van der Waals surface area contributed by atoms with E-state index in [4.69, 9.17) is 16.3 Å². The minimum atomic E-state index is 0.395. The number of halogens is 1. The molecule has 0 amide bonds. The van der Waals surface area contributed by atoms with Gasteiger partial charge in [0.2, 0.25) is 0 Å². The van der Waals surface area contributed by atoms with E-state index in [0.29, 0.717) is 5.92 Å². The summed E-state index contributed by atoms with van der Waals surface area (Å²) in [5.41, 5.74) is 2.62. The van der Waals surface area contributed by atoms with Gasteiger partial charge in [0.05, 0.1) is 0 Å². The number of benzene rings is 2. The quantitative estimate of drug-likeness (QED) is 0.586. The van der Waals surface area contributed by atoms with Crippen LogP contribution in [-0.4, -0.2) is 31.1 Å². The van der Waals surface area contributed by atoms with Gasteiger partial charge >= 0.3 is 0 Å². The molecule has 0 aromatic heterocycles. The van der Waals surface area contributed by atoms with Crippen LogP contribution in [0.25, 0.3) is 0 Å². The predicted octanol–water partition coefficient (Wildman–Crippen LogP) is 5.60. The van der Waals surface area contributed by atoms with Crippen LogP contribution in [0.15, 0.2) is 48.5 Å². The molecule has 2 aromatic carbocycles. The van der Waals surface area contributed by atoms with Crippen molar-refractivity contribution in [3.8, 4) is 5.75 Å². The lowest BCUT2D eigenvalue weighted by atomic mass is 9.89. The number of hydrogen-bond acceptors (Lipinski definition) is 2. The molecule has 0 saturated carbocycles. The smallest absolute Gasteiger partial charge is 0.119 e. The van der Waals surface area contributed by atoms with E-state index in [9.17, 15) is 0 Å². The molecule has 0 spiro atoms. The standard InChI is InChI=1S/C21H28ClNO/c1-4-21(17-7-11-19(22)12-8-17)18-9-13-20(14-10-18)24-16-15-23(5-2)6-3/h7-14,21H,4-6,15-16H2,1-3H3. The lowest BCUT2D eigenvalue weighted by Gasteiger charge is -2.19. The van der Waals surface area contributed by atoms with Crippen molar-refractivity contribution in [2.24, 2.45) is 0 Å². The first-order valence-corrected chi connectivity index (χ1v) is 9.26. The molecule has 130 valence electrons. The van der Waals surface area contributed by atoms with Crippen molar-refractivity contribution in [1.82, 2.24) is 4.90 Å². The molecule has 2 aromatic rings. The van der Waals surface area contributed by atoms with E-state index in [0.717, 1.165) is 43.4 Å². The molecule has 0 N–H and O–H groups in total. The van der Waals surface area contributed by atoms with E-state index in [2.05, 4.69) is 62.1 Å². The predicted molar refractivity (Wildman–Crippen MR) is 103 cm³/mol. The minimum Gasteiger partial charge on any atom is -0.492 e. The Bertz CT molecular complexity index is 590. The normalized spacial score (nSPS) is 12.4. The molecule has 1 unspecified atom stereocenters. The van der Waals surface area contributed by atoms with Gasteiger partial charge in [-0.05, 0) is 54.9 Å². The van der Waals surface area contributed by atoms with Crippen LogP contribution in [0, 0.1) is 0 Å². The molecule has 0 aliphatic carbocycles. The fourth-order valence-corrected chi connectivity index (χ4v) is 3.11. The highest BCUT2D eigenvalue weighted by molar-refractivity contribution is 6.30. The van der Waals surface area contributed by atoms with Gasteiger partial charge < -0.3 is 9.64 Å². The summed E-state index contributed by atoms with van der Waals surface area (Å²) < 4.78 is 5.87. The third-order valence-corrected chi connectivity index (χ3v) is 4.79. The van der Waals surface area contributed by atoms with Crippen LogP contribution in [0.1, 0.15) is 44.2 Å². The number of hydrogen-bond donors (Lipinski definition) is 0. The average Bonchev–Trinajstić information content (AvgIpc) is 2.62. The molecule has 0 fully saturated rings. The summed E-state index contributed by atoms with van der Waals surface area (Å²) in [5, 5.41) is 0.783. The molecule has 2 nitrogen and oxygen atoms in total. The van der Waals surface area contributed by atoms with E-state index in [1.165, 1.54) is 11.1 Å². The molecule has 0 radical (unpaired) electrons. The molecular weight excluding hydrogens is 318 g/mol. The minimum absolute atomic E-state index is 0.395. The first kappa shape index (κ1) is 18.8.